The Kier molecular flexibility index (Phi) is 2.06. The molecule has 5 nitrogen and oxygen atoms in total. The van der Waals surface area contributed by atoms with Crippen LogP contribution in [0.4, 0.5) is 0 Å². The molecule has 2 rings (SSSR count). The molecule has 1 atom stereocenters. The first kappa shape index (κ1) is 10.1. The Morgan fingerprint density at radius 3 is 2.47 bits per heavy atom. The molecule has 5 heteroatoms. The number of primary amides is 1. The van der Waals surface area contributed by atoms with Crippen LogP contribution in [0, 0.1) is 11.3 Å². The summed E-state index contributed by atoms with van der Waals surface area (Å²) in [5.41, 5.74) is 4.87. The molecule has 1 aliphatic heterocycles. The molecule has 2 aliphatic rings. The van der Waals surface area contributed by atoms with E-state index in [1.54, 1.807) is 11.9 Å². The third-order valence-electron chi connectivity index (χ3n) is 3.72. The normalized spacial score (nSPS) is 29.1. The second kappa shape index (κ2) is 3.05. The third kappa shape index (κ3) is 1.12. The highest BCUT2D eigenvalue weighted by Crippen LogP contribution is 2.42. The van der Waals surface area contributed by atoms with Crippen molar-refractivity contribution in [1.82, 2.24) is 4.90 Å². The van der Waals surface area contributed by atoms with Crippen molar-refractivity contribution >= 4 is 17.5 Å². The average Bonchev–Trinajstić information content (AvgIpc) is 2.70. The molecule has 1 saturated carbocycles. The number of likely N-dealkylation sites (tertiary alicyclic amines) is 1. The van der Waals surface area contributed by atoms with E-state index in [9.17, 15) is 9.59 Å². The molecule has 0 radical (unpaired) electrons. The number of nitrogens with one attached hydrogen (secondary N) is 1. The summed E-state index contributed by atoms with van der Waals surface area (Å²) in [4.78, 5) is 24.5. The second-order valence-electron chi connectivity index (χ2n) is 4.39. The largest absolute Gasteiger partial charge is 0.369 e. The van der Waals surface area contributed by atoms with Crippen LogP contribution < -0.4 is 5.73 Å². The van der Waals surface area contributed by atoms with Gasteiger partial charge in [-0.15, -0.1) is 0 Å². The number of rotatable bonds is 1. The molecule has 1 aliphatic carbocycles. The summed E-state index contributed by atoms with van der Waals surface area (Å²) in [6.07, 6.45) is 3.59. The summed E-state index contributed by atoms with van der Waals surface area (Å²) in [5, 5.41) is 7.98. The lowest BCUT2D eigenvalue weighted by Gasteiger charge is -2.31. The summed E-state index contributed by atoms with van der Waals surface area (Å²) in [6, 6.07) is 0. The Morgan fingerprint density at radius 1 is 1.53 bits per heavy atom. The van der Waals surface area contributed by atoms with E-state index >= 15 is 0 Å². The van der Waals surface area contributed by atoms with Crippen LogP contribution in [0.3, 0.4) is 0 Å². The zero-order chi connectivity index (χ0) is 11.2. The number of hydrogen-bond acceptors (Lipinski definition) is 3. The van der Waals surface area contributed by atoms with Gasteiger partial charge in [-0.3, -0.25) is 9.59 Å². The fourth-order valence-corrected chi connectivity index (χ4v) is 2.81. The minimum atomic E-state index is -1.02. The zero-order valence-electron chi connectivity index (χ0n) is 8.75. The van der Waals surface area contributed by atoms with Gasteiger partial charge in [0.2, 0.25) is 11.8 Å². The van der Waals surface area contributed by atoms with Gasteiger partial charge in [-0.05, 0) is 12.8 Å². The summed E-state index contributed by atoms with van der Waals surface area (Å²) in [6.45, 7) is 0. The van der Waals surface area contributed by atoms with E-state index in [-0.39, 0.29) is 11.6 Å². The fraction of sp³-hybridized carbons (Fsp3) is 0.700. The van der Waals surface area contributed by atoms with Crippen LogP contribution >= 0.6 is 0 Å². The van der Waals surface area contributed by atoms with Gasteiger partial charge in [0, 0.05) is 7.05 Å². The molecule has 0 unspecified atom stereocenters. The van der Waals surface area contributed by atoms with Crippen LogP contribution in [0.2, 0.25) is 0 Å². The van der Waals surface area contributed by atoms with E-state index in [1.165, 1.54) is 0 Å². The van der Waals surface area contributed by atoms with Crippen molar-refractivity contribution in [3.63, 3.8) is 0 Å². The standard InChI is InChI=1S/C10H15N3O2/c1-13-9(15)6(8(12)14)7(11)10(13)4-2-3-5-10/h6,11H,2-5H2,1H3,(H2,12,14)/t6-/m0/s1. The van der Waals surface area contributed by atoms with Crippen molar-refractivity contribution in [3.05, 3.63) is 0 Å². The number of nitrogens with two attached hydrogens (primary N) is 1. The molecule has 2 amide bonds. The van der Waals surface area contributed by atoms with Gasteiger partial charge in [-0.25, -0.2) is 0 Å². The SMILES string of the molecule is CN1C(=O)[C@H](C(N)=O)C(=N)C12CCCC2. The summed E-state index contributed by atoms with van der Waals surface area (Å²) >= 11 is 0. The van der Waals surface area contributed by atoms with Crippen LogP contribution in [-0.2, 0) is 9.59 Å². The molecule has 0 aromatic carbocycles. The molecule has 1 saturated heterocycles. The maximum atomic E-state index is 11.8. The van der Waals surface area contributed by atoms with Crippen LogP contribution in [0.1, 0.15) is 25.7 Å². The Morgan fingerprint density at radius 2 is 2.07 bits per heavy atom. The summed E-state index contributed by atoms with van der Waals surface area (Å²) < 4.78 is 0. The number of nitrogens with zero attached hydrogens (tertiary/aromatic N) is 1. The van der Waals surface area contributed by atoms with E-state index in [0.29, 0.717) is 0 Å². The highest BCUT2D eigenvalue weighted by molar-refractivity contribution is 6.26. The Hall–Kier alpha value is -1.39. The molecule has 0 bridgehead atoms. The minimum Gasteiger partial charge on any atom is -0.369 e. The molecule has 15 heavy (non-hydrogen) atoms. The molecular weight excluding hydrogens is 194 g/mol. The van der Waals surface area contributed by atoms with E-state index in [4.69, 9.17) is 11.1 Å². The van der Waals surface area contributed by atoms with Gasteiger partial charge in [0.25, 0.3) is 0 Å². The van der Waals surface area contributed by atoms with Gasteiger partial charge in [-0.1, -0.05) is 12.8 Å². The average molecular weight is 209 g/mol. The van der Waals surface area contributed by atoms with E-state index < -0.39 is 17.4 Å². The summed E-state index contributed by atoms with van der Waals surface area (Å²) in [7, 11) is 1.67. The minimum absolute atomic E-state index is 0.208. The molecule has 1 spiro atoms. The lowest BCUT2D eigenvalue weighted by molar-refractivity contribution is -0.136. The van der Waals surface area contributed by atoms with Crippen LogP contribution in [0.5, 0.6) is 0 Å². The quantitative estimate of drug-likeness (QED) is 0.590. The smallest absolute Gasteiger partial charge is 0.241 e. The van der Waals surface area contributed by atoms with Crippen molar-refractivity contribution in [3.8, 4) is 0 Å². The van der Waals surface area contributed by atoms with Crippen molar-refractivity contribution in [1.29, 1.82) is 5.41 Å². The molecule has 3 N–H and O–H groups in total. The second-order valence-corrected chi connectivity index (χ2v) is 4.39. The van der Waals surface area contributed by atoms with Gasteiger partial charge < -0.3 is 16.0 Å². The highest BCUT2D eigenvalue weighted by atomic mass is 16.2. The number of hydrogen-bond donors (Lipinski definition) is 2. The highest BCUT2D eigenvalue weighted by Gasteiger charge is 2.56. The van der Waals surface area contributed by atoms with Crippen molar-refractivity contribution in [2.75, 3.05) is 7.05 Å². The van der Waals surface area contributed by atoms with Gasteiger partial charge in [0.1, 0.15) is 0 Å². The maximum absolute atomic E-state index is 11.8. The first-order chi connectivity index (χ1) is 7.00. The molecule has 82 valence electrons. The number of carbonyl (C=O) groups excluding carboxylic acids is 2. The maximum Gasteiger partial charge on any atom is 0.241 e. The topological polar surface area (TPSA) is 87.2 Å². The van der Waals surface area contributed by atoms with Crippen LogP contribution in [-0.4, -0.2) is 35.0 Å². The van der Waals surface area contributed by atoms with Crippen LogP contribution in [0.25, 0.3) is 0 Å². The molecular formula is C10H15N3O2. The molecule has 0 aromatic rings. The van der Waals surface area contributed by atoms with Gasteiger partial charge in [0.15, 0.2) is 5.92 Å². The third-order valence-corrected chi connectivity index (χ3v) is 3.72. The van der Waals surface area contributed by atoms with Gasteiger partial charge in [0.05, 0.1) is 11.3 Å². The number of amides is 2. The fourth-order valence-electron chi connectivity index (χ4n) is 2.81. The molecule has 2 fully saturated rings. The number of carbonyl (C=O) groups is 2. The van der Waals surface area contributed by atoms with Crippen molar-refractivity contribution in [2.45, 2.75) is 31.2 Å². The van der Waals surface area contributed by atoms with Crippen molar-refractivity contribution in [2.24, 2.45) is 11.7 Å². The molecule has 1 heterocycles. The first-order valence-electron chi connectivity index (χ1n) is 5.16. The Balaban J connectivity index is 2.41. The molecule has 0 aromatic heterocycles. The Labute approximate surface area is 88.1 Å². The van der Waals surface area contributed by atoms with Crippen LogP contribution in [0.15, 0.2) is 0 Å². The lowest BCUT2D eigenvalue weighted by atomic mass is 9.88. The van der Waals surface area contributed by atoms with Crippen molar-refractivity contribution < 1.29 is 9.59 Å². The van der Waals surface area contributed by atoms with E-state index in [2.05, 4.69) is 0 Å². The van der Waals surface area contributed by atoms with E-state index in [0.717, 1.165) is 25.7 Å². The zero-order valence-corrected chi connectivity index (χ0v) is 8.75. The first-order valence-corrected chi connectivity index (χ1v) is 5.16. The Bertz CT molecular complexity index is 345. The lowest BCUT2D eigenvalue weighted by Crippen LogP contribution is -2.44. The predicted octanol–water partition coefficient (Wildman–Crippen LogP) is -0.108. The van der Waals surface area contributed by atoms with Gasteiger partial charge in [-0.2, -0.15) is 0 Å². The monoisotopic (exact) mass is 209 g/mol. The van der Waals surface area contributed by atoms with E-state index in [1.807, 2.05) is 0 Å². The summed E-state index contributed by atoms with van der Waals surface area (Å²) in [5.74, 6) is -2.02. The van der Waals surface area contributed by atoms with Gasteiger partial charge >= 0.3 is 0 Å². The predicted molar refractivity (Wildman–Crippen MR) is 54.4 cm³/mol.